The van der Waals surface area contributed by atoms with Gasteiger partial charge in [0.1, 0.15) is 5.82 Å². The highest BCUT2D eigenvalue weighted by Crippen LogP contribution is 2.28. The lowest BCUT2D eigenvalue weighted by molar-refractivity contribution is -0.152. The van der Waals surface area contributed by atoms with Crippen LogP contribution >= 0.6 is 0 Å². The van der Waals surface area contributed by atoms with Gasteiger partial charge in [0.25, 0.3) is 5.78 Å². The second kappa shape index (κ2) is 6.17. The fourth-order valence-corrected chi connectivity index (χ4v) is 1.12. The average molecular weight is 276 g/mol. The number of ketones is 1. The molecule has 5 nitrogen and oxygen atoms in total. The molecule has 0 atom stereocenters. The van der Waals surface area contributed by atoms with E-state index in [-0.39, 0.29) is 12.4 Å². The smallest absolute Gasteiger partial charge is 0.417 e. The zero-order valence-corrected chi connectivity index (χ0v) is 9.95. The molecule has 0 unspecified atom stereocenters. The van der Waals surface area contributed by atoms with Gasteiger partial charge in [-0.15, -0.1) is 0 Å². The number of aromatic nitrogens is 1. The highest BCUT2D eigenvalue weighted by Gasteiger charge is 2.30. The number of Topliss-reactive ketones (excluding diaryl/α,β-unsaturated/α-hetero) is 1. The lowest BCUT2D eigenvalue weighted by Gasteiger charge is -2.08. The molecule has 0 saturated heterocycles. The summed E-state index contributed by atoms with van der Waals surface area (Å²) in [7, 11) is 0. The number of halogens is 3. The van der Waals surface area contributed by atoms with Gasteiger partial charge in [0.15, 0.2) is 0 Å². The van der Waals surface area contributed by atoms with Gasteiger partial charge in [0.2, 0.25) is 0 Å². The average Bonchev–Trinajstić information content (AvgIpc) is 2.35. The van der Waals surface area contributed by atoms with Crippen LogP contribution in [-0.4, -0.2) is 29.9 Å². The van der Waals surface area contributed by atoms with Crippen molar-refractivity contribution in [1.29, 1.82) is 0 Å². The molecule has 104 valence electrons. The van der Waals surface area contributed by atoms with E-state index in [1.807, 2.05) is 0 Å². The summed E-state index contributed by atoms with van der Waals surface area (Å²) in [6.07, 6.45) is -3.83. The molecule has 0 aliphatic rings. The van der Waals surface area contributed by atoms with Gasteiger partial charge in [0.05, 0.1) is 18.7 Å². The standard InChI is InChI=1S/C11H11F3N2O3/c1-2-19-10(18)8(17)6-16-9-4-3-7(5-15-9)11(12,13)14/h3-5H,2,6H2,1H3,(H,15,16). The van der Waals surface area contributed by atoms with E-state index in [0.717, 1.165) is 12.1 Å². The Morgan fingerprint density at radius 3 is 2.53 bits per heavy atom. The Hall–Kier alpha value is -2.12. The van der Waals surface area contributed by atoms with Crippen LogP contribution in [0.3, 0.4) is 0 Å². The number of esters is 1. The summed E-state index contributed by atoms with van der Waals surface area (Å²) in [6.45, 7) is 1.23. The molecule has 8 heteroatoms. The zero-order chi connectivity index (χ0) is 14.5. The lowest BCUT2D eigenvalue weighted by atomic mass is 10.3. The number of nitrogens with zero attached hydrogens (tertiary/aromatic N) is 1. The molecular weight excluding hydrogens is 265 g/mol. The maximum atomic E-state index is 12.2. The molecule has 0 spiro atoms. The number of pyridine rings is 1. The molecule has 0 bridgehead atoms. The molecule has 1 rings (SSSR count). The first-order chi connectivity index (χ1) is 8.84. The van der Waals surface area contributed by atoms with Crippen molar-refractivity contribution in [2.45, 2.75) is 13.1 Å². The monoisotopic (exact) mass is 276 g/mol. The second-order valence-electron chi connectivity index (χ2n) is 3.43. The molecule has 19 heavy (non-hydrogen) atoms. The summed E-state index contributed by atoms with van der Waals surface area (Å²) in [5.41, 5.74) is -0.894. The van der Waals surface area contributed by atoms with Crippen molar-refractivity contribution in [3.63, 3.8) is 0 Å². The van der Waals surface area contributed by atoms with Crippen molar-refractivity contribution in [2.75, 3.05) is 18.5 Å². The fraction of sp³-hybridized carbons (Fsp3) is 0.364. The van der Waals surface area contributed by atoms with Gasteiger partial charge < -0.3 is 10.1 Å². The Morgan fingerprint density at radius 1 is 1.37 bits per heavy atom. The molecule has 0 aromatic carbocycles. The van der Waals surface area contributed by atoms with Gasteiger partial charge >= 0.3 is 12.1 Å². The molecule has 0 saturated carbocycles. The minimum absolute atomic E-state index is 0.0608. The van der Waals surface area contributed by atoms with Crippen LogP contribution in [0.25, 0.3) is 0 Å². The number of ether oxygens (including phenoxy) is 1. The highest BCUT2D eigenvalue weighted by atomic mass is 19.4. The van der Waals surface area contributed by atoms with Gasteiger partial charge in [-0.05, 0) is 19.1 Å². The van der Waals surface area contributed by atoms with Crippen molar-refractivity contribution in [2.24, 2.45) is 0 Å². The maximum absolute atomic E-state index is 12.2. The third-order valence-corrected chi connectivity index (χ3v) is 2.02. The highest BCUT2D eigenvalue weighted by molar-refractivity contribution is 6.34. The Kier molecular flexibility index (Phi) is 4.85. The number of hydrogen-bond donors (Lipinski definition) is 1. The van der Waals surface area contributed by atoms with Gasteiger partial charge in [0, 0.05) is 6.20 Å². The van der Waals surface area contributed by atoms with Crippen LogP contribution in [0.4, 0.5) is 19.0 Å². The number of nitrogens with one attached hydrogen (secondary N) is 1. The Labute approximate surface area is 106 Å². The number of carbonyl (C=O) groups excluding carboxylic acids is 2. The van der Waals surface area contributed by atoms with E-state index in [1.165, 1.54) is 0 Å². The number of alkyl halides is 3. The number of hydrogen-bond acceptors (Lipinski definition) is 5. The van der Waals surface area contributed by atoms with Gasteiger partial charge in [-0.25, -0.2) is 9.78 Å². The SMILES string of the molecule is CCOC(=O)C(=O)CNc1ccc(C(F)(F)F)cn1. The molecule has 0 fully saturated rings. The molecule has 1 aromatic heterocycles. The maximum Gasteiger partial charge on any atom is 0.417 e. The predicted molar refractivity (Wildman–Crippen MR) is 59.4 cm³/mol. The number of anilines is 1. The van der Waals surface area contributed by atoms with Gasteiger partial charge in [-0.2, -0.15) is 13.2 Å². The fourth-order valence-electron chi connectivity index (χ4n) is 1.12. The predicted octanol–water partition coefficient (Wildman–Crippen LogP) is 1.64. The van der Waals surface area contributed by atoms with E-state index in [0.29, 0.717) is 6.20 Å². The van der Waals surface area contributed by atoms with E-state index in [1.54, 1.807) is 6.92 Å². The summed E-state index contributed by atoms with van der Waals surface area (Å²) in [5, 5.41) is 2.43. The van der Waals surface area contributed by atoms with Crippen molar-refractivity contribution in [3.05, 3.63) is 23.9 Å². The van der Waals surface area contributed by atoms with Crippen molar-refractivity contribution >= 4 is 17.6 Å². The van der Waals surface area contributed by atoms with Crippen molar-refractivity contribution < 1.29 is 27.5 Å². The van der Waals surface area contributed by atoms with Crippen molar-refractivity contribution in [1.82, 2.24) is 4.98 Å². The van der Waals surface area contributed by atoms with Crippen LogP contribution in [0.5, 0.6) is 0 Å². The van der Waals surface area contributed by atoms with Gasteiger partial charge in [-0.1, -0.05) is 0 Å². The minimum atomic E-state index is -4.47. The third kappa shape index (κ3) is 4.57. The van der Waals surface area contributed by atoms with Crippen LogP contribution in [0.1, 0.15) is 12.5 Å². The van der Waals surface area contributed by atoms with Crippen LogP contribution in [0.2, 0.25) is 0 Å². The Bertz CT molecular complexity index is 457. The Balaban J connectivity index is 2.55. The third-order valence-electron chi connectivity index (χ3n) is 2.02. The normalized spacial score (nSPS) is 10.9. The largest absolute Gasteiger partial charge is 0.460 e. The quantitative estimate of drug-likeness (QED) is 0.654. The van der Waals surface area contributed by atoms with Crippen molar-refractivity contribution in [3.8, 4) is 0 Å². The molecule has 1 aromatic rings. The van der Waals surface area contributed by atoms with Crippen LogP contribution < -0.4 is 5.32 Å². The van der Waals surface area contributed by atoms with Crippen LogP contribution in [0, 0.1) is 0 Å². The number of carbonyl (C=O) groups is 2. The van der Waals surface area contributed by atoms with Crippen LogP contribution in [-0.2, 0) is 20.5 Å². The lowest BCUT2D eigenvalue weighted by Crippen LogP contribution is -2.25. The molecule has 0 radical (unpaired) electrons. The summed E-state index contributed by atoms with van der Waals surface area (Å²) < 4.78 is 41.2. The van der Waals surface area contributed by atoms with Gasteiger partial charge in [-0.3, -0.25) is 4.79 Å². The minimum Gasteiger partial charge on any atom is -0.460 e. The first-order valence-electron chi connectivity index (χ1n) is 5.31. The topological polar surface area (TPSA) is 68.3 Å². The molecule has 0 amide bonds. The molecular formula is C11H11F3N2O3. The van der Waals surface area contributed by atoms with E-state index in [2.05, 4.69) is 15.0 Å². The summed E-state index contributed by atoms with van der Waals surface area (Å²) in [5.74, 6) is -1.77. The molecule has 1 N–H and O–H groups in total. The van der Waals surface area contributed by atoms with E-state index in [4.69, 9.17) is 0 Å². The summed E-state index contributed by atoms with van der Waals surface area (Å²) >= 11 is 0. The van der Waals surface area contributed by atoms with E-state index >= 15 is 0 Å². The first-order valence-corrected chi connectivity index (χ1v) is 5.31. The van der Waals surface area contributed by atoms with E-state index in [9.17, 15) is 22.8 Å². The summed E-state index contributed by atoms with van der Waals surface area (Å²) in [4.78, 5) is 25.6. The summed E-state index contributed by atoms with van der Waals surface area (Å²) in [6, 6.07) is 1.89. The van der Waals surface area contributed by atoms with E-state index < -0.39 is 30.0 Å². The zero-order valence-electron chi connectivity index (χ0n) is 9.95. The second-order valence-corrected chi connectivity index (χ2v) is 3.43. The Morgan fingerprint density at radius 2 is 2.05 bits per heavy atom. The molecule has 1 heterocycles. The van der Waals surface area contributed by atoms with Crippen LogP contribution in [0.15, 0.2) is 18.3 Å². The molecule has 0 aliphatic carbocycles. The number of rotatable bonds is 5. The first kappa shape index (κ1) is 14.9. The molecule has 0 aliphatic heterocycles.